The van der Waals surface area contributed by atoms with Crippen molar-refractivity contribution in [3.63, 3.8) is 0 Å². The average molecular weight is 211 g/mol. The van der Waals surface area contributed by atoms with Gasteiger partial charge in [-0.15, -0.1) is 0 Å². The summed E-state index contributed by atoms with van der Waals surface area (Å²) >= 11 is 0.489. The molecule has 1 unspecified atom stereocenters. The number of aliphatic carboxylic acids is 2. The fourth-order valence-corrected chi connectivity index (χ4v) is 1.18. The summed E-state index contributed by atoms with van der Waals surface area (Å²) < 4.78 is 20.5. The van der Waals surface area contributed by atoms with Gasteiger partial charge < -0.3 is 15.3 Å². The fourth-order valence-electron chi connectivity index (χ4n) is 0.741. The maximum Gasteiger partial charge on any atom is 0.336 e. The van der Waals surface area contributed by atoms with E-state index in [0.29, 0.717) is 11.8 Å². The summed E-state index contributed by atoms with van der Waals surface area (Å²) in [4.78, 5) is 21.0. The molecule has 0 saturated carbocycles. The second kappa shape index (κ2) is 5.08. The van der Waals surface area contributed by atoms with Crippen LogP contribution in [0.5, 0.6) is 0 Å². The van der Waals surface area contributed by atoms with Crippen molar-refractivity contribution < 1.29 is 29.0 Å². The van der Waals surface area contributed by atoms with E-state index in [0.717, 1.165) is 0 Å². The van der Waals surface area contributed by atoms with E-state index in [-0.39, 0.29) is 5.75 Å². The monoisotopic (exact) mass is 211 g/mol. The molecule has 0 spiro atoms. The molecular formula is C7H12O5S. The molecule has 0 aromatic carbocycles. The quantitative estimate of drug-likeness (QED) is 0.573. The molecule has 0 bridgehead atoms. The van der Waals surface area contributed by atoms with Gasteiger partial charge in [0.25, 0.3) is 0 Å². The van der Waals surface area contributed by atoms with Crippen molar-refractivity contribution in [1.29, 1.82) is 0 Å². The van der Waals surface area contributed by atoms with Crippen molar-refractivity contribution >= 4 is 23.7 Å². The lowest BCUT2D eigenvalue weighted by atomic mass is 9.97. The second-order valence-electron chi connectivity index (χ2n) is 2.51. The van der Waals surface area contributed by atoms with Crippen LogP contribution in [0.1, 0.15) is 17.0 Å². The highest BCUT2D eigenvalue weighted by Crippen LogP contribution is 2.18. The maximum absolute atomic E-state index is 10.6. The van der Waals surface area contributed by atoms with Gasteiger partial charge in [-0.2, -0.15) is 11.8 Å². The fraction of sp³-hybridized carbons (Fsp3) is 0.714. The Labute approximate surface area is 84.0 Å². The first-order chi connectivity index (χ1) is 7.07. The lowest BCUT2D eigenvalue weighted by molar-refractivity contribution is -0.165. The Balaban J connectivity index is 4.35. The molecule has 0 aliphatic rings. The molecule has 0 aromatic heterocycles. The van der Waals surface area contributed by atoms with E-state index in [1.54, 1.807) is 0 Å². The number of rotatable bonds is 6. The predicted octanol–water partition coefficient (Wildman–Crippen LogP) is 0.0299. The number of aliphatic hydroxyl groups is 1. The molecule has 3 N–H and O–H groups in total. The number of thioether (sulfide) groups is 1. The zero-order chi connectivity index (χ0) is 13.0. The van der Waals surface area contributed by atoms with Crippen molar-refractivity contribution in [3.05, 3.63) is 0 Å². The standard InChI is InChI=1S/C7H12O5S/c1-13-3-2-7(12,6(10)11)4-5(8)9/h12H,2-4H2,1H3,(H,8,9)(H,10,11)/i1D3. The lowest BCUT2D eigenvalue weighted by Gasteiger charge is -2.20. The smallest absolute Gasteiger partial charge is 0.336 e. The predicted molar refractivity (Wildman–Crippen MR) is 47.8 cm³/mol. The van der Waals surface area contributed by atoms with Crippen LogP contribution in [-0.2, 0) is 9.59 Å². The van der Waals surface area contributed by atoms with Crippen LogP contribution in [0.25, 0.3) is 0 Å². The molecule has 0 amide bonds. The third-order valence-corrected chi connectivity index (χ3v) is 1.87. The van der Waals surface area contributed by atoms with E-state index in [1.165, 1.54) is 0 Å². The van der Waals surface area contributed by atoms with Crippen molar-refractivity contribution in [1.82, 2.24) is 0 Å². The van der Waals surface area contributed by atoms with E-state index in [9.17, 15) is 14.7 Å². The molecule has 13 heavy (non-hydrogen) atoms. The minimum atomic E-state index is -2.41. The summed E-state index contributed by atoms with van der Waals surface area (Å²) in [6, 6.07) is 0. The molecule has 0 rings (SSSR count). The highest BCUT2D eigenvalue weighted by molar-refractivity contribution is 7.98. The topological polar surface area (TPSA) is 94.8 Å². The van der Waals surface area contributed by atoms with Crippen LogP contribution in [0, 0.1) is 0 Å². The normalized spacial score (nSPS) is 19.3. The van der Waals surface area contributed by atoms with Gasteiger partial charge in [0, 0.05) is 4.11 Å². The Bertz CT molecular complexity index is 280. The van der Waals surface area contributed by atoms with Crippen LogP contribution >= 0.6 is 11.8 Å². The zero-order valence-corrected chi connectivity index (χ0v) is 7.50. The van der Waals surface area contributed by atoms with E-state index < -0.39 is 36.6 Å². The summed E-state index contributed by atoms with van der Waals surface area (Å²) in [6.07, 6.45) is -3.68. The Morgan fingerprint density at radius 2 is 2.15 bits per heavy atom. The van der Waals surface area contributed by atoms with Crippen LogP contribution in [-0.4, -0.2) is 44.8 Å². The molecule has 1 atom stereocenters. The highest BCUT2D eigenvalue weighted by Gasteiger charge is 2.37. The van der Waals surface area contributed by atoms with Gasteiger partial charge in [-0.25, -0.2) is 4.79 Å². The van der Waals surface area contributed by atoms with Gasteiger partial charge in [-0.1, -0.05) is 0 Å². The van der Waals surface area contributed by atoms with Gasteiger partial charge in [-0.3, -0.25) is 4.79 Å². The zero-order valence-electron chi connectivity index (χ0n) is 9.69. The second-order valence-corrected chi connectivity index (χ2v) is 3.20. The first-order valence-corrected chi connectivity index (χ1v) is 4.37. The summed E-state index contributed by atoms with van der Waals surface area (Å²) in [7, 11) is 0. The highest BCUT2D eigenvalue weighted by atomic mass is 32.2. The lowest BCUT2D eigenvalue weighted by Crippen LogP contribution is -2.41. The Morgan fingerprint density at radius 1 is 1.54 bits per heavy atom. The molecular weight excluding hydrogens is 196 g/mol. The number of hydrogen-bond acceptors (Lipinski definition) is 4. The van der Waals surface area contributed by atoms with Crippen molar-refractivity contribution in [2.45, 2.75) is 18.4 Å². The number of carboxylic acids is 2. The van der Waals surface area contributed by atoms with Gasteiger partial charge in [0.1, 0.15) is 0 Å². The molecule has 0 fully saturated rings. The third kappa shape index (κ3) is 4.14. The minimum absolute atomic E-state index is 0.160. The van der Waals surface area contributed by atoms with Crippen LogP contribution < -0.4 is 0 Å². The number of carbonyl (C=O) groups is 2. The van der Waals surface area contributed by atoms with Crippen LogP contribution in [0.15, 0.2) is 0 Å². The molecule has 0 heterocycles. The Hall–Kier alpha value is -0.750. The molecule has 0 saturated heterocycles. The van der Waals surface area contributed by atoms with Crippen molar-refractivity contribution in [3.8, 4) is 0 Å². The summed E-state index contributed by atoms with van der Waals surface area (Å²) in [5, 5.41) is 26.5. The van der Waals surface area contributed by atoms with Crippen LogP contribution in [0.2, 0.25) is 0 Å². The third-order valence-electron chi connectivity index (χ3n) is 1.46. The van der Waals surface area contributed by atoms with Gasteiger partial charge in [0.15, 0.2) is 5.60 Å². The SMILES string of the molecule is [2H]C([2H])([2H])SCCC(O)(CC(=O)O)C(=O)O. The van der Waals surface area contributed by atoms with E-state index in [2.05, 4.69) is 0 Å². The molecule has 0 radical (unpaired) electrons. The summed E-state index contributed by atoms with van der Waals surface area (Å²) in [6.45, 7) is 0. The van der Waals surface area contributed by atoms with E-state index >= 15 is 0 Å². The first kappa shape index (κ1) is 7.64. The molecule has 6 heteroatoms. The molecule has 5 nitrogen and oxygen atoms in total. The summed E-state index contributed by atoms with van der Waals surface area (Å²) in [5.74, 6) is -3.28. The summed E-state index contributed by atoms with van der Waals surface area (Å²) in [5.41, 5.74) is -2.41. The van der Waals surface area contributed by atoms with Gasteiger partial charge in [0.05, 0.1) is 6.42 Å². The van der Waals surface area contributed by atoms with Crippen LogP contribution in [0.4, 0.5) is 0 Å². The Morgan fingerprint density at radius 3 is 2.54 bits per heavy atom. The molecule has 76 valence electrons. The minimum Gasteiger partial charge on any atom is -0.481 e. The van der Waals surface area contributed by atoms with Crippen molar-refractivity contribution in [2.24, 2.45) is 0 Å². The van der Waals surface area contributed by atoms with E-state index in [1.807, 2.05) is 0 Å². The molecule has 0 aromatic rings. The van der Waals surface area contributed by atoms with Gasteiger partial charge in [-0.05, 0) is 18.4 Å². The number of carboxylic acid groups (broad SMARTS) is 2. The number of hydrogen-bond donors (Lipinski definition) is 3. The first-order valence-electron chi connectivity index (χ1n) is 4.88. The molecule has 0 aliphatic heterocycles. The van der Waals surface area contributed by atoms with Crippen LogP contribution in [0.3, 0.4) is 0 Å². The van der Waals surface area contributed by atoms with Crippen molar-refractivity contribution in [2.75, 3.05) is 11.9 Å². The molecule has 0 aliphatic carbocycles. The Kier molecular flexibility index (Phi) is 2.98. The van der Waals surface area contributed by atoms with Gasteiger partial charge >= 0.3 is 11.9 Å². The largest absolute Gasteiger partial charge is 0.481 e. The maximum atomic E-state index is 10.6. The van der Waals surface area contributed by atoms with E-state index in [4.69, 9.17) is 14.3 Å². The average Bonchev–Trinajstić information content (AvgIpc) is 1.99. The van der Waals surface area contributed by atoms with Gasteiger partial charge in [0.2, 0.25) is 0 Å².